The van der Waals surface area contributed by atoms with Crippen molar-refractivity contribution in [1.82, 2.24) is 0 Å². The summed E-state index contributed by atoms with van der Waals surface area (Å²) in [6.07, 6.45) is 0. The van der Waals surface area contributed by atoms with Crippen LogP contribution >= 0.6 is 23.2 Å². The van der Waals surface area contributed by atoms with Crippen LogP contribution < -0.4 is 72.0 Å². The lowest BCUT2D eigenvalue weighted by molar-refractivity contribution is 1.23. The highest BCUT2D eigenvalue weighted by Gasteiger charge is 2.48. The number of halogens is 2. The van der Waals surface area contributed by atoms with Crippen LogP contribution in [0.3, 0.4) is 0 Å². The van der Waals surface area contributed by atoms with Crippen molar-refractivity contribution in [3.63, 3.8) is 0 Å². The number of hydrogen-bond donors (Lipinski definition) is 0. The van der Waals surface area contributed by atoms with E-state index in [1.165, 1.54) is 78.3 Å². The molecule has 0 bridgehead atoms. The van der Waals surface area contributed by atoms with E-state index in [1.54, 1.807) is 0 Å². The maximum absolute atomic E-state index is 7.65. The molecular formula is C109H80B2Cl2N8. The number of para-hydroxylation sites is 12. The van der Waals surface area contributed by atoms with Crippen molar-refractivity contribution in [2.24, 2.45) is 0 Å². The molecule has 0 aromatic heterocycles. The summed E-state index contributed by atoms with van der Waals surface area (Å²) in [5, 5.41) is 1.22. The highest BCUT2D eigenvalue weighted by Crippen LogP contribution is 2.53. The summed E-state index contributed by atoms with van der Waals surface area (Å²) in [7, 11) is 0. The summed E-state index contributed by atoms with van der Waals surface area (Å²) in [6, 6.07) is 164. The molecule has 4 aliphatic rings. The number of nitrogens with zero attached hydrogens (tertiary/aromatic N) is 8. The Balaban J connectivity index is 0.000000153. The van der Waals surface area contributed by atoms with Gasteiger partial charge in [-0.15, -0.1) is 0 Å². The Labute approximate surface area is 718 Å². The zero-order chi connectivity index (χ0) is 80.0. The summed E-state index contributed by atoms with van der Waals surface area (Å²) in [4.78, 5) is 18.8. The van der Waals surface area contributed by atoms with E-state index >= 15 is 0 Å². The molecule has 0 saturated heterocycles. The van der Waals surface area contributed by atoms with E-state index < -0.39 is 0 Å². The van der Waals surface area contributed by atoms with E-state index in [9.17, 15) is 0 Å². The molecular weight excluding hydrogens is 1510 g/mol. The molecule has 0 amide bonds. The maximum Gasteiger partial charge on any atom is 0.252 e. The maximum atomic E-state index is 7.65. The number of hydrogen-bond acceptors (Lipinski definition) is 8. The molecule has 18 aromatic rings. The van der Waals surface area contributed by atoms with Crippen LogP contribution in [-0.4, -0.2) is 13.4 Å². The Morgan fingerprint density at radius 1 is 0.174 bits per heavy atom. The Morgan fingerprint density at radius 2 is 0.380 bits per heavy atom. The van der Waals surface area contributed by atoms with Crippen molar-refractivity contribution in [3.05, 3.63) is 471 Å². The third-order valence-corrected chi connectivity index (χ3v) is 24.1. The van der Waals surface area contributed by atoms with E-state index in [-0.39, 0.29) is 20.9 Å². The Bertz CT molecular complexity index is 6270. The van der Waals surface area contributed by atoms with Crippen molar-refractivity contribution in [2.45, 2.75) is 7.43 Å². The van der Waals surface area contributed by atoms with Crippen LogP contribution in [0.2, 0.25) is 10.0 Å². The second-order valence-corrected chi connectivity index (χ2v) is 30.9. The molecule has 4 heterocycles. The number of benzene rings is 18. The molecule has 121 heavy (non-hydrogen) atoms. The van der Waals surface area contributed by atoms with E-state index in [1.807, 2.05) is 84.9 Å². The van der Waals surface area contributed by atoms with Crippen molar-refractivity contribution in [1.29, 1.82) is 0 Å². The third-order valence-electron chi connectivity index (χ3n) is 23.3. The molecule has 22 rings (SSSR count). The van der Waals surface area contributed by atoms with Gasteiger partial charge in [0.1, 0.15) is 0 Å². The molecule has 0 saturated carbocycles. The van der Waals surface area contributed by atoms with Gasteiger partial charge in [0.2, 0.25) is 0 Å². The van der Waals surface area contributed by atoms with Gasteiger partial charge < -0.3 is 39.2 Å². The van der Waals surface area contributed by atoms with Crippen molar-refractivity contribution in [3.8, 4) is 0 Å². The van der Waals surface area contributed by atoms with Crippen LogP contribution in [0, 0.1) is 0 Å². The van der Waals surface area contributed by atoms with Crippen LogP contribution in [0.4, 0.5) is 136 Å². The smallest absolute Gasteiger partial charge is 0.252 e. The lowest BCUT2D eigenvalue weighted by atomic mass is 9.30. The number of anilines is 24. The molecule has 18 aromatic carbocycles. The van der Waals surface area contributed by atoms with Crippen molar-refractivity contribution < 1.29 is 0 Å². The molecule has 0 fully saturated rings. The van der Waals surface area contributed by atoms with Gasteiger partial charge in [0, 0.05) is 114 Å². The predicted molar refractivity (Wildman–Crippen MR) is 516 cm³/mol. The first kappa shape index (κ1) is 74.9. The Hall–Kier alpha value is -14.9. The first-order valence-corrected chi connectivity index (χ1v) is 41.4. The Kier molecular flexibility index (Phi) is 20.1. The zero-order valence-electron chi connectivity index (χ0n) is 65.4. The monoisotopic (exact) mass is 1590 g/mol. The predicted octanol–water partition coefficient (Wildman–Crippen LogP) is 27.4. The molecule has 4 aliphatic heterocycles. The van der Waals surface area contributed by atoms with Gasteiger partial charge in [-0.05, 0) is 239 Å². The van der Waals surface area contributed by atoms with E-state index in [0.29, 0.717) is 10.0 Å². The third kappa shape index (κ3) is 13.4. The highest BCUT2D eigenvalue weighted by molar-refractivity contribution is 7.03. The second kappa shape index (κ2) is 32.5. The van der Waals surface area contributed by atoms with Gasteiger partial charge in [-0.1, -0.05) is 285 Å². The van der Waals surface area contributed by atoms with Crippen molar-refractivity contribution >= 4 is 206 Å². The first-order chi connectivity index (χ1) is 59.5. The molecule has 0 unspecified atom stereocenters. The minimum absolute atomic E-state index is 0. The molecule has 0 N–H and O–H groups in total. The van der Waals surface area contributed by atoms with Gasteiger partial charge in [-0.25, -0.2) is 0 Å². The average molecular weight is 1590 g/mol. The summed E-state index contributed by atoms with van der Waals surface area (Å²) >= 11 is 15.3. The minimum atomic E-state index is 0. The van der Waals surface area contributed by atoms with Gasteiger partial charge in [-0.2, -0.15) is 0 Å². The molecule has 0 atom stereocenters. The van der Waals surface area contributed by atoms with Crippen LogP contribution in [0.5, 0.6) is 0 Å². The highest BCUT2D eigenvalue weighted by atomic mass is 35.5. The second-order valence-electron chi connectivity index (χ2n) is 30.2. The van der Waals surface area contributed by atoms with Gasteiger partial charge in [0.25, 0.3) is 13.4 Å². The number of rotatable bonds is 16. The first-order valence-electron chi connectivity index (χ1n) is 40.7. The SMILES string of the molecule is C.Clc1c(N(c2ccccc2)c2ccccc2)cccc1N(c1ccccc1)c1cccc(N(c2ccccc2)c2cccc(N(c3ccccc3)c3ccccc3)c2Cl)c1.c1ccc(N2c3ccccc3B3c4cc5c(cc4N(c4ccccc4)c4cccc2c43)N(c2ccccc2)c2cccc3c2B5c2ccccc2N3c2ccccc2)cc1. The van der Waals surface area contributed by atoms with E-state index in [4.69, 9.17) is 23.2 Å². The van der Waals surface area contributed by atoms with Crippen LogP contribution in [0.1, 0.15) is 7.43 Å². The fraction of sp³-hybridized carbons (Fsp3) is 0.00917. The average Bonchev–Trinajstić information content (AvgIpc) is 0.685. The lowest BCUT2D eigenvalue weighted by Crippen LogP contribution is -2.65. The summed E-state index contributed by atoms with van der Waals surface area (Å²) in [5.41, 5.74) is 33.4. The fourth-order valence-electron chi connectivity index (χ4n) is 18.3. The van der Waals surface area contributed by atoms with Gasteiger partial charge >= 0.3 is 0 Å². The fourth-order valence-corrected chi connectivity index (χ4v) is 18.9. The van der Waals surface area contributed by atoms with Gasteiger partial charge in [-0.3, -0.25) is 0 Å². The molecule has 12 heteroatoms. The largest absolute Gasteiger partial charge is 0.311 e. The van der Waals surface area contributed by atoms with Gasteiger partial charge in [0.05, 0.1) is 32.8 Å². The molecule has 0 spiro atoms. The van der Waals surface area contributed by atoms with Gasteiger partial charge in [0.15, 0.2) is 0 Å². The van der Waals surface area contributed by atoms with Crippen molar-refractivity contribution in [2.75, 3.05) is 39.2 Å². The van der Waals surface area contributed by atoms with Crippen LogP contribution in [0.15, 0.2) is 461 Å². The topological polar surface area (TPSA) is 25.9 Å². The standard InChI is InChI=1S/C54H36B2N4.C54H40Cl2N4.CH4/c1-5-19-37(20-6-1)57-45-29-15-13-27-41(45)55-43-35-44-52(36-51(43)59(39-23-9-3-10-24-39)49-33-17-31-47(57)53(49)55)60(40-25-11-4-12-26-40)50-34-18-32-48-54(50)56(44)42-28-14-16-30-46(42)58(48)38-21-7-2-8-22-38;55-53-49(57(41-22-7-1-8-23-41)42-24-9-2-10-25-42)36-20-38-51(53)59(45-30-15-5-16-31-45)47-34-19-35-48(40-47)60(46-32-17-6-18-33-46)52-39-21-37-50(54(52)56)58(43-26-11-3-12-27-43)44-28-13-4-14-29-44;/h1-36H;1-40H;1H4. The Morgan fingerprint density at radius 3 is 0.661 bits per heavy atom. The van der Waals surface area contributed by atoms with Crippen LogP contribution in [0.25, 0.3) is 0 Å². The van der Waals surface area contributed by atoms with E-state index in [2.05, 4.69) is 415 Å². The summed E-state index contributed by atoms with van der Waals surface area (Å²) in [5.74, 6) is 0. The lowest BCUT2D eigenvalue weighted by Gasteiger charge is -2.47. The molecule has 0 radical (unpaired) electrons. The molecule has 8 nitrogen and oxygen atoms in total. The minimum Gasteiger partial charge on any atom is -0.311 e. The summed E-state index contributed by atoms with van der Waals surface area (Å²) in [6.45, 7) is 0.0168. The quantitative estimate of drug-likeness (QED) is 0.0883. The molecule has 576 valence electrons. The van der Waals surface area contributed by atoms with Crippen LogP contribution in [-0.2, 0) is 0 Å². The van der Waals surface area contributed by atoms with E-state index in [0.717, 1.165) is 91.0 Å². The zero-order valence-corrected chi connectivity index (χ0v) is 66.9. The number of fused-ring (bicyclic) bond motifs is 8. The normalized spacial score (nSPS) is 12.2. The molecule has 0 aliphatic carbocycles. The summed E-state index contributed by atoms with van der Waals surface area (Å²) < 4.78 is 0.